The number of amides is 2. The monoisotopic (exact) mass is 410 g/mol. The Morgan fingerprint density at radius 1 is 1.00 bits per heavy atom. The van der Waals surface area contributed by atoms with Gasteiger partial charge in [-0.15, -0.1) is 0 Å². The molecule has 2 amide bonds. The smallest absolute Gasteiger partial charge is 0.242 e. The van der Waals surface area contributed by atoms with Crippen molar-refractivity contribution >= 4 is 11.8 Å². The van der Waals surface area contributed by atoms with E-state index in [1.165, 1.54) is 0 Å². The largest absolute Gasteiger partial charge is 0.494 e. The molecule has 2 aromatic rings. The molecule has 5 nitrogen and oxygen atoms in total. The molecule has 0 fully saturated rings. The van der Waals surface area contributed by atoms with E-state index in [0.717, 1.165) is 17.7 Å². The highest BCUT2D eigenvalue weighted by atomic mass is 16.5. The second-order valence-electron chi connectivity index (χ2n) is 7.68. The summed E-state index contributed by atoms with van der Waals surface area (Å²) in [6.45, 7) is 6.80. The SMILES string of the molecule is CCC(C(=O)NC(C)C)N(CCc1ccccc1)C(=O)CCCOc1ccccc1. The van der Waals surface area contributed by atoms with E-state index in [1.54, 1.807) is 4.90 Å². The molecule has 0 spiro atoms. The molecule has 30 heavy (non-hydrogen) atoms. The van der Waals surface area contributed by atoms with Crippen molar-refractivity contribution in [1.82, 2.24) is 10.2 Å². The zero-order chi connectivity index (χ0) is 21.8. The standard InChI is InChI=1S/C25H34N2O3/c1-4-23(25(29)26-20(2)3)27(18-17-21-12-7-5-8-13-21)24(28)16-11-19-30-22-14-9-6-10-15-22/h5-10,12-15,20,23H,4,11,16-19H2,1-3H3,(H,26,29). The van der Waals surface area contributed by atoms with Crippen LogP contribution in [0.25, 0.3) is 0 Å². The summed E-state index contributed by atoms with van der Waals surface area (Å²) in [5.41, 5.74) is 1.15. The van der Waals surface area contributed by atoms with Gasteiger partial charge in [0.25, 0.3) is 0 Å². The van der Waals surface area contributed by atoms with Crippen molar-refractivity contribution in [2.75, 3.05) is 13.2 Å². The number of hydrogen-bond donors (Lipinski definition) is 1. The molecule has 1 atom stereocenters. The summed E-state index contributed by atoms with van der Waals surface area (Å²) in [7, 11) is 0. The van der Waals surface area contributed by atoms with E-state index in [-0.39, 0.29) is 17.9 Å². The Morgan fingerprint density at radius 3 is 2.23 bits per heavy atom. The average molecular weight is 411 g/mol. The summed E-state index contributed by atoms with van der Waals surface area (Å²) >= 11 is 0. The van der Waals surface area contributed by atoms with Crippen LogP contribution >= 0.6 is 0 Å². The molecule has 2 aromatic carbocycles. The predicted octanol–water partition coefficient (Wildman–Crippen LogP) is 4.22. The van der Waals surface area contributed by atoms with E-state index in [9.17, 15) is 9.59 Å². The van der Waals surface area contributed by atoms with Crippen LogP contribution in [0.5, 0.6) is 5.75 Å². The van der Waals surface area contributed by atoms with Gasteiger partial charge in [0.05, 0.1) is 6.61 Å². The predicted molar refractivity (Wildman–Crippen MR) is 120 cm³/mol. The second kappa shape index (κ2) is 12.7. The maximum absolute atomic E-state index is 13.1. The zero-order valence-corrected chi connectivity index (χ0v) is 18.3. The first-order chi connectivity index (χ1) is 14.5. The number of benzene rings is 2. The van der Waals surface area contributed by atoms with Gasteiger partial charge in [-0.25, -0.2) is 0 Å². The van der Waals surface area contributed by atoms with Crippen LogP contribution < -0.4 is 10.1 Å². The minimum Gasteiger partial charge on any atom is -0.494 e. The van der Waals surface area contributed by atoms with Gasteiger partial charge in [-0.3, -0.25) is 9.59 Å². The Balaban J connectivity index is 1.98. The molecule has 0 aliphatic carbocycles. The first-order valence-electron chi connectivity index (χ1n) is 10.8. The van der Waals surface area contributed by atoms with Gasteiger partial charge in [0, 0.05) is 19.0 Å². The molecule has 0 saturated heterocycles. The number of hydrogen-bond acceptors (Lipinski definition) is 3. The molecule has 0 saturated carbocycles. The average Bonchev–Trinajstić information content (AvgIpc) is 2.75. The zero-order valence-electron chi connectivity index (χ0n) is 18.3. The number of carbonyl (C=O) groups is 2. The lowest BCUT2D eigenvalue weighted by atomic mass is 10.1. The van der Waals surface area contributed by atoms with Crippen LogP contribution in [0.4, 0.5) is 0 Å². The summed E-state index contributed by atoms with van der Waals surface area (Å²) in [6.07, 6.45) is 2.27. The Labute approximate surface area is 180 Å². The van der Waals surface area contributed by atoms with Crippen molar-refractivity contribution in [2.24, 2.45) is 0 Å². The molecule has 0 bridgehead atoms. The molecule has 2 rings (SSSR count). The molecule has 0 heterocycles. The number of carbonyl (C=O) groups excluding carboxylic acids is 2. The lowest BCUT2D eigenvalue weighted by Crippen LogP contribution is -2.51. The van der Waals surface area contributed by atoms with Crippen LogP contribution in [0.15, 0.2) is 60.7 Å². The van der Waals surface area contributed by atoms with Gasteiger partial charge >= 0.3 is 0 Å². The minimum atomic E-state index is -0.460. The fraction of sp³-hybridized carbons (Fsp3) is 0.440. The molecule has 1 unspecified atom stereocenters. The van der Waals surface area contributed by atoms with Crippen molar-refractivity contribution in [1.29, 1.82) is 0 Å². The fourth-order valence-electron chi connectivity index (χ4n) is 3.35. The third kappa shape index (κ3) is 7.90. The normalized spacial score (nSPS) is 11.7. The Morgan fingerprint density at radius 2 is 1.63 bits per heavy atom. The van der Waals surface area contributed by atoms with Crippen molar-refractivity contribution < 1.29 is 14.3 Å². The van der Waals surface area contributed by atoms with Gasteiger partial charge in [0.15, 0.2) is 0 Å². The van der Waals surface area contributed by atoms with E-state index in [4.69, 9.17) is 4.74 Å². The van der Waals surface area contributed by atoms with Gasteiger partial charge in [-0.05, 0) is 50.8 Å². The van der Waals surface area contributed by atoms with Gasteiger partial charge in [-0.2, -0.15) is 0 Å². The minimum absolute atomic E-state index is 0.00616. The summed E-state index contributed by atoms with van der Waals surface area (Å²) in [5, 5.41) is 2.96. The molecule has 0 aliphatic rings. The number of para-hydroxylation sites is 1. The van der Waals surface area contributed by atoms with Crippen molar-refractivity contribution in [2.45, 2.75) is 58.5 Å². The molecular weight excluding hydrogens is 376 g/mol. The van der Waals surface area contributed by atoms with Crippen molar-refractivity contribution in [3.05, 3.63) is 66.2 Å². The Bertz CT molecular complexity index is 762. The summed E-state index contributed by atoms with van der Waals surface area (Å²) < 4.78 is 5.70. The van der Waals surface area contributed by atoms with Crippen LogP contribution in [0.1, 0.15) is 45.6 Å². The number of rotatable bonds is 12. The molecule has 162 valence electrons. The molecule has 1 N–H and O–H groups in total. The van der Waals surface area contributed by atoms with Crippen molar-refractivity contribution in [3.63, 3.8) is 0 Å². The highest BCUT2D eigenvalue weighted by molar-refractivity contribution is 5.87. The van der Waals surface area contributed by atoms with Gasteiger partial charge in [0.1, 0.15) is 11.8 Å². The molecule has 0 aromatic heterocycles. The number of nitrogens with one attached hydrogen (secondary N) is 1. The fourth-order valence-corrected chi connectivity index (χ4v) is 3.35. The van der Waals surface area contributed by atoms with Crippen LogP contribution in [-0.2, 0) is 16.0 Å². The van der Waals surface area contributed by atoms with Crippen LogP contribution in [0.3, 0.4) is 0 Å². The van der Waals surface area contributed by atoms with E-state index in [1.807, 2.05) is 81.4 Å². The number of nitrogens with zero attached hydrogens (tertiary/aromatic N) is 1. The highest BCUT2D eigenvalue weighted by Gasteiger charge is 2.28. The summed E-state index contributed by atoms with van der Waals surface area (Å²) in [4.78, 5) is 27.5. The maximum Gasteiger partial charge on any atom is 0.242 e. The first-order valence-corrected chi connectivity index (χ1v) is 10.8. The van der Waals surface area contributed by atoms with E-state index < -0.39 is 6.04 Å². The summed E-state index contributed by atoms with van der Waals surface area (Å²) in [6, 6.07) is 19.2. The van der Waals surface area contributed by atoms with Gasteiger partial charge in [0.2, 0.25) is 11.8 Å². The van der Waals surface area contributed by atoms with Crippen LogP contribution in [0.2, 0.25) is 0 Å². The third-order valence-electron chi connectivity index (χ3n) is 4.85. The van der Waals surface area contributed by atoms with E-state index in [2.05, 4.69) is 5.32 Å². The third-order valence-corrected chi connectivity index (χ3v) is 4.85. The molecule has 0 radical (unpaired) electrons. The molecular formula is C25H34N2O3. The second-order valence-corrected chi connectivity index (χ2v) is 7.68. The number of ether oxygens (including phenoxy) is 1. The first kappa shape index (κ1) is 23.5. The lowest BCUT2D eigenvalue weighted by molar-refractivity contribution is -0.141. The highest BCUT2D eigenvalue weighted by Crippen LogP contribution is 2.13. The Hall–Kier alpha value is -2.82. The molecule has 5 heteroatoms. The van der Waals surface area contributed by atoms with Crippen LogP contribution in [0, 0.1) is 0 Å². The quantitative estimate of drug-likeness (QED) is 0.533. The summed E-state index contributed by atoms with van der Waals surface area (Å²) in [5.74, 6) is 0.705. The van der Waals surface area contributed by atoms with E-state index >= 15 is 0 Å². The van der Waals surface area contributed by atoms with Crippen LogP contribution in [-0.4, -0.2) is 41.9 Å². The van der Waals surface area contributed by atoms with E-state index in [0.29, 0.717) is 32.4 Å². The maximum atomic E-state index is 13.1. The lowest BCUT2D eigenvalue weighted by Gasteiger charge is -2.31. The van der Waals surface area contributed by atoms with Crippen molar-refractivity contribution in [3.8, 4) is 5.75 Å². The Kier molecular flexibility index (Phi) is 9.92. The van der Waals surface area contributed by atoms with Gasteiger partial charge in [-0.1, -0.05) is 55.5 Å². The van der Waals surface area contributed by atoms with Gasteiger partial charge < -0.3 is 15.0 Å². The molecule has 0 aliphatic heterocycles. The topological polar surface area (TPSA) is 58.6 Å².